The lowest BCUT2D eigenvalue weighted by Crippen LogP contribution is -2.44. The fraction of sp³-hybridized carbons (Fsp3) is 0.500. The number of hydrogen-bond acceptors (Lipinski definition) is 6. The van der Waals surface area contributed by atoms with E-state index in [4.69, 9.17) is 4.74 Å². The van der Waals surface area contributed by atoms with Gasteiger partial charge in [0.2, 0.25) is 0 Å². The van der Waals surface area contributed by atoms with Crippen molar-refractivity contribution in [2.24, 2.45) is 5.92 Å². The second-order valence-electron chi connectivity index (χ2n) is 7.17. The molecule has 27 heavy (non-hydrogen) atoms. The second-order valence-corrected chi connectivity index (χ2v) is 7.17. The Labute approximate surface area is 156 Å². The smallest absolute Gasteiger partial charge is 0.326 e. The van der Waals surface area contributed by atoms with Crippen molar-refractivity contribution >= 4 is 23.6 Å². The number of nitrogens with one attached hydrogen (secondary N) is 1. The zero-order valence-electron chi connectivity index (χ0n) is 15.6. The highest BCUT2D eigenvalue weighted by atomic mass is 16.6. The Morgan fingerprint density at radius 2 is 1.93 bits per heavy atom. The van der Waals surface area contributed by atoms with E-state index in [9.17, 15) is 24.5 Å². The van der Waals surface area contributed by atoms with Crippen molar-refractivity contribution in [3.63, 3.8) is 0 Å². The lowest BCUT2D eigenvalue weighted by molar-refractivity contribution is -0.384. The van der Waals surface area contributed by atoms with Crippen molar-refractivity contribution in [2.45, 2.75) is 45.8 Å². The summed E-state index contributed by atoms with van der Waals surface area (Å²) in [4.78, 5) is 47.6. The summed E-state index contributed by atoms with van der Waals surface area (Å²) in [5, 5.41) is 13.3. The van der Waals surface area contributed by atoms with Crippen LogP contribution in [0.5, 0.6) is 0 Å². The van der Waals surface area contributed by atoms with E-state index >= 15 is 0 Å². The van der Waals surface area contributed by atoms with Gasteiger partial charge in [-0.3, -0.25) is 24.6 Å². The van der Waals surface area contributed by atoms with Gasteiger partial charge < -0.3 is 10.1 Å². The molecule has 0 bridgehead atoms. The van der Waals surface area contributed by atoms with Crippen LogP contribution >= 0.6 is 0 Å². The van der Waals surface area contributed by atoms with Gasteiger partial charge in [0.15, 0.2) is 0 Å². The minimum absolute atomic E-state index is 0.0647. The average Bonchev–Trinajstić information content (AvgIpc) is 2.82. The zero-order valence-corrected chi connectivity index (χ0v) is 15.6. The van der Waals surface area contributed by atoms with Crippen LogP contribution in [0.4, 0.5) is 10.5 Å². The summed E-state index contributed by atoms with van der Waals surface area (Å²) < 4.78 is 5.07. The number of non-ortho nitro benzene ring substituents is 1. The molecule has 0 radical (unpaired) electrons. The van der Waals surface area contributed by atoms with Gasteiger partial charge in [0.25, 0.3) is 11.6 Å². The fourth-order valence-corrected chi connectivity index (χ4v) is 2.69. The highest BCUT2D eigenvalue weighted by Crippen LogP contribution is 2.24. The normalized spacial score (nSPS) is 19.3. The van der Waals surface area contributed by atoms with Crippen LogP contribution in [0.1, 0.15) is 39.2 Å². The van der Waals surface area contributed by atoms with Crippen LogP contribution in [-0.4, -0.2) is 39.8 Å². The SMILES string of the molecule is CC(C)CC[C@]1(C)NC(=O)N(CC(=O)OCc2ccc([N+](=O)[O-])cc2)C1=O. The average molecular weight is 377 g/mol. The monoisotopic (exact) mass is 377 g/mol. The molecule has 1 N–H and O–H groups in total. The highest BCUT2D eigenvalue weighted by Gasteiger charge is 2.48. The van der Waals surface area contributed by atoms with Crippen LogP contribution in [0.25, 0.3) is 0 Å². The van der Waals surface area contributed by atoms with Gasteiger partial charge in [-0.2, -0.15) is 0 Å². The quantitative estimate of drug-likeness (QED) is 0.321. The van der Waals surface area contributed by atoms with E-state index in [0.29, 0.717) is 17.9 Å². The first-order chi connectivity index (χ1) is 12.6. The van der Waals surface area contributed by atoms with Crippen molar-refractivity contribution in [1.82, 2.24) is 10.2 Å². The highest BCUT2D eigenvalue weighted by molar-refractivity contribution is 6.08. The molecule has 146 valence electrons. The van der Waals surface area contributed by atoms with E-state index < -0.39 is 34.9 Å². The first kappa shape index (κ1) is 20.3. The van der Waals surface area contributed by atoms with Crippen molar-refractivity contribution in [3.05, 3.63) is 39.9 Å². The molecule has 1 aromatic rings. The molecule has 0 aliphatic carbocycles. The van der Waals surface area contributed by atoms with Crippen LogP contribution in [0.15, 0.2) is 24.3 Å². The number of ether oxygens (including phenoxy) is 1. The molecule has 2 rings (SSSR count). The summed E-state index contributed by atoms with van der Waals surface area (Å²) in [6.07, 6.45) is 1.25. The third-order valence-corrected chi connectivity index (χ3v) is 4.40. The number of amides is 3. The van der Waals surface area contributed by atoms with E-state index in [2.05, 4.69) is 5.32 Å². The molecule has 1 atom stereocenters. The van der Waals surface area contributed by atoms with Gasteiger partial charge in [-0.25, -0.2) is 4.79 Å². The van der Waals surface area contributed by atoms with Crippen LogP contribution in [0.2, 0.25) is 0 Å². The molecule has 0 spiro atoms. The molecule has 1 fully saturated rings. The van der Waals surface area contributed by atoms with Gasteiger partial charge in [-0.05, 0) is 43.4 Å². The number of rotatable bonds is 8. The number of imide groups is 1. The zero-order chi connectivity index (χ0) is 20.2. The molecule has 1 aliphatic rings. The minimum atomic E-state index is -1.01. The second kappa shape index (κ2) is 8.15. The third kappa shape index (κ3) is 5.02. The van der Waals surface area contributed by atoms with E-state index in [-0.39, 0.29) is 12.3 Å². The Morgan fingerprint density at radius 1 is 1.30 bits per heavy atom. The van der Waals surface area contributed by atoms with Gasteiger partial charge in [-0.1, -0.05) is 13.8 Å². The Balaban J connectivity index is 1.90. The number of carbonyl (C=O) groups is 3. The topological polar surface area (TPSA) is 119 Å². The van der Waals surface area contributed by atoms with E-state index in [1.807, 2.05) is 13.8 Å². The predicted molar refractivity (Wildman–Crippen MR) is 95.6 cm³/mol. The lowest BCUT2D eigenvalue weighted by Gasteiger charge is -2.22. The molecule has 1 aromatic carbocycles. The molecule has 0 saturated carbocycles. The van der Waals surface area contributed by atoms with Crippen LogP contribution in [0.3, 0.4) is 0 Å². The number of hydrogen-bond donors (Lipinski definition) is 1. The minimum Gasteiger partial charge on any atom is -0.459 e. The molecule has 1 saturated heterocycles. The van der Waals surface area contributed by atoms with Crippen molar-refractivity contribution in [3.8, 4) is 0 Å². The lowest BCUT2D eigenvalue weighted by atomic mass is 9.92. The maximum atomic E-state index is 12.5. The summed E-state index contributed by atoms with van der Waals surface area (Å²) >= 11 is 0. The maximum absolute atomic E-state index is 12.5. The molecule has 1 heterocycles. The summed E-state index contributed by atoms with van der Waals surface area (Å²) in [7, 11) is 0. The molecule has 0 unspecified atom stereocenters. The maximum Gasteiger partial charge on any atom is 0.326 e. The van der Waals surface area contributed by atoms with Gasteiger partial charge in [0.1, 0.15) is 18.7 Å². The van der Waals surface area contributed by atoms with Crippen LogP contribution in [0, 0.1) is 16.0 Å². The van der Waals surface area contributed by atoms with Gasteiger partial charge in [0.05, 0.1) is 4.92 Å². The predicted octanol–water partition coefficient (Wildman–Crippen LogP) is 2.38. The fourth-order valence-electron chi connectivity index (χ4n) is 2.69. The van der Waals surface area contributed by atoms with Crippen molar-refractivity contribution in [1.29, 1.82) is 0 Å². The van der Waals surface area contributed by atoms with Gasteiger partial charge in [-0.15, -0.1) is 0 Å². The van der Waals surface area contributed by atoms with E-state index in [0.717, 1.165) is 11.3 Å². The standard InChI is InChI=1S/C18H23N3O6/c1-12(2)8-9-18(3)16(23)20(17(24)19-18)10-15(22)27-11-13-4-6-14(7-5-13)21(25)26/h4-7,12H,8-11H2,1-3H3,(H,19,24)/t18-/m0/s1. The van der Waals surface area contributed by atoms with Gasteiger partial charge in [0, 0.05) is 12.1 Å². The molecular formula is C18H23N3O6. The Morgan fingerprint density at radius 3 is 2.48 bits per heavy atom. The molecule has 0 aromatic heterocycles. The molecule has 9 nitrogen and oxygen atoms in total. The molecule has 9 heteroatoms. The van der Waals surface area contributed by atoms with Crippen molar-refractivity contribution < 1.29 is 24.0 Å². The number of esters is 1. The number of carbonyl (C=O) groups excluding carboxylic acids is 3. The number of benzene rings is 1. The summed E-state index contributed by atoms with van der Waals surface area (Å²) in [6.45, 7) is 5.12. The first-order valence-electron chi connectivity index (χ1n) is 8.65. The summed E-state index contributed by atoms with van der Waals surface area (Å²) in [6, 6.07) is 4.95. The molecule has 3 amide bonds. The Kier molecular flexibility index (Phi) is 6.14. The number of nitro benzene ring substituents is 1. The largest absolute Gasteiger partial charge is 0.459 e. The molecular weight excluding hydrogens is 354 g/mol. The van der Waals surface area contributed by atoms with E-state index in [1.54, 1.807) is 6.92 Å². The van der Waals surface area contributed by atoms with Crippen molar-refractivity contribution in [2.75, 3.05) is 6.54 Å². The number of nitrogens with zero attached hydrogens (tertiary/aromatic N) is 2. The van der Waals surface area contributed by atoms with Gasteiger partial charge >= 0.3 is 12.0 Å². The molecule has 1 aliphatic heterocycles. The summed E-state index contributed by atoms with van der Waals surface area (Å²) in [5.41, 5.74) is -0.516. The third-order valence-electron chi connectivity index (χ3n) is 4.40. The Hall–Kier alpha value is -2.97. The number of nitro groups is 1. The van der Waals surface area contributed by atoms with Crippen LogP contribution < -0.4 is 5.32 Å². The number of urea groups is 1. The summed E-state index contributed by atoms with van der Waals surface area (Å²) in [5.74, 6) is -0.794. The first-order valence-corrected chi connectivity index (χ1v) is 8.65. The Bertz CT molecular complexity index is 746. The van der Waals surface area contributed by atoms with E-state index in [1.165, 1.54) is 24.3 Å². The van der Waals surface area contributed by atoms with Crippen LogP contribution in [-0.2, 0) is 20.9 Å².